The first-order chi connectivity index (χ1) is 9.79. The highest BCUT2D eigenvalue weighted by atomic mass is 79.9. The van der Waals surface area contributed by atoms with Crippen molar-refractivity contribution in [2.24, 2.45) is 0 Å². The molecule has 0 aliphatic carbocycles. The Kier molecular flexibility index (Phi) is 4.67. The van der Waals surface area contributed by atoms with Gasteiger partial charge in [-0.05, 0) is 56.1 Å². The molecular formula is C13H7Br2F3N2O. The van der Waals surface area contributed by atoms with Gasteiger partial charge in [0.2, 0.25) is 0 Å². The van der Waals surface area contributed by atoms with E-state index >= 15 is 0 Å². The molecule has 0 aliphatic heterocycles. The third kappa shape index (κ3) is 3.82. The molecule has 110 valence electrons. The van der Waals surface area contributed by atoms with Gasteiger partial charge in [-0.25, -0.2) is 0 Å². The lowest BCUT2D eigenvalue weighted by Gasteiger charge is -2.11. The van der Waals surface area contributed by atoms with Crippen LogP contribution in [0.5, 0.6) is 0 Å². The Morgan fingerprint density at radius 3 is 2.48 bits per heavy atom. The largest absolute Gasteiger partial charge is 0.416 e. The second-order valence-corrected chi connectivity index (χ2v) is 5.71. The summed E-state index contributed by atoms with van der Waals surface area (Å²) in [6.07, 6.45) is -1.58. The second-order valence-electron chi connectivity index (χ2n) is 4.00. The van der Waals surface area contributed by atoms with Crippen LogP contribution in [0.3, 0.4) is 0 Å². The summed E-state index contributed by atoms with van der Waals surface area (Å²) >= 11 is 6.27. The number of amides is 1. The Bertz CT molecular complexity index is 689. The van der Waals surface area contributed by atoms with Gasteiger partial charge in [0.05, 0.1) is 21.3 Å². The monoisotopic (exact) mass is 422 g/mol. The quantitative estimate of drug-likeness (QED) is 0.748. The molecule has 21 heavy (non-hydrogen) atoms. The summed E-state index contributed by atoms with van der Waals surface area (Å²) < 4.78 is 38.9. The number of aromatic nitrogens is 1. The van der Waals surface area contributed by atoms with Gasteiger partial charge in [-0.1, -0.05) is 0 Å². The van der Waals surface area contributed by atoms with Crippen LogP contribution in [-0.4, -0.2) is 10.9 Å². The summed E-state index contributed by atoms with van der Waals surface area (Å²) in [6.45, 7) is 0. The van der Waals surface area contributed by atoms with Crippen LogP contribution in [0.1, 0.15) is 15.9 Å². The molecule has 0 saturated heterocycles. The van der Waals surface area contributed by atoms with E-state index in [1.54, 1.807) is 0 Å². The first kappa shape index (κ1) is 16.0. The maximum absolute atomic E-state index is 12.7. The normalized spacial score (nSPS) is 11.3. The van der Waals surface area contributed by atoms with E-state index < -0.39 is 17.6 Å². The molecule has 1 N–H and O–H groups in total. The fourth-order valence-electron chi connectivity index (χ4n) is 1.54. The predicted molar refractivity (Wildman–Crippen MR) is 79.0 cm³/mol. The summed E-state index contributed by atoms with van der Waals surface area (Å²) in [5, 5.41) is 2.52. The molecule has 2 aromatic rings. The van der Waals surface area contributed by atoms with Gasteiger partial charge >= 0.3 is 6.18 Å². The number of benzene rings is 1. The fraction of sp³-hybridized carbons (Fsp3) is 0.0769. The average Bonchev–Trinajstić information content (AvgIpc) is 2.40. The van der Waals surface area contributed by atoms with Gasteiger partial charge in [-0.15, -0.1) is 0 Å². The summed E-state index contributed by atoms with van der Waals surface area (Å²) in [5.41, 5.74) is -0.572. The molecular weight excluding hydrogens is 417 g/mol. The molecule has 8 heteroatoms. The van der Waals surface area contributed by atoms with E-state index in [9.17, 15) is 18.0 Å². The van der Waals surface area contributed by atoms with Crippen LogP contribution in [0, 0.1) is 0 Å². The number of carbonyl (C=O) groups excluding carboxylic acids is 1. The number of hydrogen-bond acceptors (Lipinski definition) is 2. The van der Waals surface area contributed by atoms with Gasteiger partial charge in [-0.2, -0.15) is 13.2 Å². The van der Waals surface area contributed by atoms with Gasteiger partial charge in [0.1, 0.15) is 0 Å². The van der Waals surface area contributed by atoms with Crippen molar-refractivity contribution in [1.29, 1.82) is 0 Å². The van der Waals surface area contributed by atoms with E-state index in [1.165, 1.54) is 24.5 Å². The molecule has 0 saturated carbocycles. The summed E-state index contributed by atoms with van der Waals surface area (Å²) in [6, 6.07) is 4.43. The Labute approximate surface area is 134 Å². The van der Waals surface area contributed by atoms with Crippen molar-refractivity contribution >= 4 is 43.5 Å². The van der Waals surface area contributed by atoms with Gasteiger partial charge < -0.3 is 5.32 Å². The van der Waals surface area contributed by atoms with Crippen molar-refractivity contribution in [1.82, 2.24) is 4.98 Å². The van der Waals surface area contributed by atoms with Crippen LogP contribution < -0.4 is 5.32 Å². The number of anilines is 1. The van der Waals surface area contributed by atoms with Crippen molar-refractivity contribution in [2.75, 3.05) is 5.32 Å². The highest BCUT2D eigenvalue weighted by Crippen LogP contribution is 2.32. The van der Waals surface area contributed by atoms with Crippen LogP contribution in [-0.2, 0) is 6.18 Å². The molecule has 1 aromatic carbocycles. The van der Waals surface area contributed by atoms with Crippen molar-refractivity contribution in [3.63, 3.8) is 0 Å². The molecule has 2 rings (SSSR count). The van der Waals surface area contributed by atoms with Crippen molar-refractivity contribution in [2.45, 2.75) is 6.18 Å². The Morgan fingerprint density at radius 1 is 1.14 bits per heavy atom. The first-order valence-corrected chi connectivity index (χ1v) is 7.15. The number of nitrogens with zero attached hydrogens (tertiary/aromatic N) is 1. The zero-order valence-electron chi connectivity index (χ0n) is 10.2. The van der Waals surface area contributed by atoms with Crippen molar-refractivity contribution in [3.05, 3.63) is 56.7 Å². The Balaban J connectivity index is 2.33. The minimum atomic E-state index is -4.51. The Morgan fingerprint density at radius 2 is 1.86 bits per heavy atom. The third-order valence-corrected chi connectivity index (χ3v) is 3.88. The number of halogens is 5. The molecule has 0 fully saturated rings. The lowest BCUT2D eigenvalue weighted by molar-refractivity contribution is -0.137. The number of rotatable bonds is 2. The van der Waals surface area contributed by atoms with Gasteiger partial charge in [0.15, 0.2) is 0 Å². The zero-order valence-corrected chi connectivity index (χ0v) is 13.4. The van der Waals surface area contributed by atoms with E-state index in [4.69, 9.17) is 0 Å². The van der Waals surface area contributed by atoms with Crippen LogP contribution in [0.2, 0.25) is 0 Å². The second kappa shape index (κ2) is 6.15. The average molecular weight is 424 g/mol. The number of carbonyl (C=O) groups is 1. The van der Waals surface area contributed by atoms with Crippen LogP contribution in [0.25, 0.3) is 0 Å². The fourth-order valence-corrected chi connectivity index (χ4v) is 2.32. The molecule has 1 aromatic heterocycles. The van der Waals surface area contributed by atoms with E-state index in [1.807, 2.05) is 0 Å². The van der Waals surface area contributed by atoms with E-state index in [0.717, 1.165) is 12.1 Å². The Hall–Kier alpha value is -1.41. The van der Waals surface area contributed by atoms with Gasteiger partial charge in [0, 0.05) is 16.9 Å². The lowest BCUT2D eigenvalue weighted by Crippen LogP contribution is -2.15. The SMILES string of the molecule is O=C(Nc1ccncc1Br)c1cc(C(F)(F)F)ccc1Br. The maximum atomic E-state index is 12.7. The number of nitrogens with one attached hydrogen (secondary N) is 1. The topological polar surface area (TPSA) is 42.0 Å². The van der Waals surface area contributed by atoms with Crippen LogP contribution in [0.15, 0.2) is 45.6 Å². The highest BCUT2D eigenvalue weighted by Gasteiger charge is 2.31. The smallest absolute Gasteiger partial charge is 0.321 e. The minimum absolute atomic E-state index is 0.103. The van der Waals surface area contributed by atoms with Crippen molar-refractivity contribution in [3.8, 4) is 0 Å². The number of hydrogen-bond donors (Lipinski definition) is 1. The lowest BCUT2D eigenvalue weighted by atomic mass is 10.1. The molecule has 0 aliphatic rings. The molecule has 3 nitrogen and oxygen atoms in total. The van der Waals surface area contributed by atoms with E-state index in [2.05, 4.69) is 42.2 Å². The maximum Gasteiger partial charge on any atom is 0.416 e. The summed E-state index contributed by atoms with van der Waals surface area (Å²) in [4.78, 5) is 15.9. The predicted octanol–water partition coefficient (Wildman–Crippen LogP) is 4.88. The molecule has 0 bridgehead atoms. The van der Waals surface area contributed by atoms with Crippen LogP contribution >= 0.6 is 31.9 Å². The molecule has 1 amide bonds. The summed E-state index contributed by atoms with van der Waals surface area (Å²) in [5.74, 6) is -0.653. The minimum Gasteiger partial charge on any atom is -0.321 e. The number of pyridine rings is 1. The van der Waals surface area contributed by atoms with Gasteiger partial charge in [0.25, 0.3) is 5.91 Å². The molecule has 0 unspecified atom stereocenters. The number of alkyl halides is 3. The highest BCUT2D eigenvalue weighted by molar-refractivity contribution is 9.11. The van der Waals surface area contributed by atoms with Gasteiger partial charge in [-0.3, -0.25) is 9.78 Å². The molecule has 0 atom stereocenters. The van der Waals surface area contributed by atoms with E-state index in [-0.39, 0.29) is 10.0 Å². The van der Waals surface area contributed by atoms with Crippen molar-refractivity contribution < 1.29 is 18.0 Å². The van der Waals surface area contributed by atoms with Crippen LogP contribution in [0.4, 0.5) is 18.9 Å². The molecule has 1 heterocycles. The first-order valence-electron chi connectivity index (χ1n) is 5.56. The summed E-state index contributed by atoms with van der Waals surface area (Å²) in [7, 11) is 0. The zero-order chi connectivity index (χ0) is 15.6. The standard InChI is InChI=1S/C13H7Br2F3N2O/c14-9-2-1-7(13(16,17)18)5-8(9)12(21)20-11-3-4-19-6-10(11)15/h1-6H,(H,19,20,21). The molecule has 0 radical (unpaired) electrons. The van der Waals surface area contributed by atoms with E-state index in [0.29, 0.717) is 10.2 Å². The third-order valence-electron chi connectivity index (χ3n) is 2.56. The molecule has 0 spiro atoms.